The van der Waals surface area contributed by atoms with Crippen molar-refractivity contribution in [3.05, 3.63) is 89.2 Å². The Kier molecular flexibility index (Phi) is 7.17. The van der Waals surface area contributed by atoms with Crippen LogP contribution in [0.5, 0.6) is 5.75 Å². The second kappa shape index (κ2) is 10.8. The van der Waals surface area contributed by atoms with Crippen molar-refractivity contribution in [2.75, 3.05) is 38.2 Å². The highest BCUT2D eigenvalue weighted by molar-refractivity contribution is 5.98. The second-order valence-corrected chi connectivity index (χ2v) is 9.45. The predicted molar refractivity (Wildman–Crippen MR) is 148 cm³/mol. The summed E-state index contributed by atoms with van der Waals surface area (Å²) < 4.78 is 7.43. The number of carbonyl (C=O) groups excluding carboxylic acids is 1. The van der Waals surface area contributed by atoms with Gasteiger partial charge in [-0.1, -0.05) is 35.5 Å². The number of carbonyl (C=O) groups is 1. The summed E-state index contributed by atoms with van der Waals surface area (Å²) in [5, 5.41) is 11.9. The summed E-state index contributed by atoms with van der Waals surface area (Å²) in [4.78, 5) is 22.3. The fraction of sp³-hybridized carbons (Fsp3) is 0.276. The first-order valence-electron chi connectivity index (χ1n) is 12.7. The van der Waals surface area contributed by atoms with E-state index in [1.54, 1.807) is 7.11 Å². The Morgan fingerprint density at radius 2 is 1.74 bits per heavy atom. The van der Waals surface area contributed by atoms with E-state index in [9.17, 15) is 4.79 Å². The van der Waals surface area contributed by atoms with Crippen molar-refractivity contribution in [1.29, 1.82) is 0 Å². The van der Waals surface area contributed by atoms with Crippen molar-refractivity contribution in [2.45, 2.75) is 12.8 Å². The third-order valence-corrected chi connectivity index (χ3v) is 7.20. The number of aromatic nitrogens is 2. The smallest absolute Gasteiger partial charge is 0.254 e. The van der Waals surface area contributed by atoms with Crippen LogP contribution in [0, 0.1) is 0 Å². The van der Waals surface area contributed by atoms with Crippen LogP contribution in [0.25, 0.3) is 11.0 Å². The number of hydrogen-bond donors (Lipinski definition) is 2. The lowest BCUT2D eigenvalue weighted by molar-refractivity contribution is 0.0747. The minimum absolute atomic E-state index is 0.0372. The SMILES string of the molecule is COc1cccc(N2CCN(C(=O)c3ccc4c(c3)nc(CCc3ccc(C(N)=NO)cc3)n4C)CC2)c1. The third-order valence-electron chi connectivity index (χ3n) is 7.20. The molecule has 3 aromatic carbocycles. The number of piperazine rings is 1. The zero-order valence-electron chi connectivity index (χ0n) is 21.7. The summed E-state index contributed by atoms with van der Waals surface area (Å²) in [6.45, 7) is 2.87. The number of methoxy groups -OCH3 is 1. The highest BCUT2D eigenvalue weighted by atomic mass is 16.5. The summed E-state index contributed by atoms with van der Waals surface area (Å²) >= 11 is 0. The largest absolute Gasteiger partial charge is 0.497 e. The number of anilines is 1. The molecule has 4 aromatic rings. The molecule has 1 amide bonds. The molecule has 1 aromatic heterocycles. The van der Waals surface area contributed by atoms with Crippen LogP contribution in [0.15, 0.2) is 71.9 Å². The number of rotatable bonds is 7. The summed E-state index contributed by atoms with van der Waals surface area (Å²) in [7, 11) is 3.68. The molecule has 1 aliphatic heterocycles. The van der Waals surface area contributed by atoms with Crippen molar-refractivity contribution >= 4 is 28.5 Å². The number of hydrogen-bond acceptors (Lipinski definition) is 6. The summed E-state index contributed by atoms with van der Waals surface area (Å²) in [6.07, 6.45) is 1.56. The highest BCUT2D eigenvalue weighted by Gasteiger charge is 2.23. The van der Waals surface area contributed by atoms with E-state index >= 15 is 0 Å². The van der Waals surface area contributed by atoms with Crippen molar-refractivity contribution in [1.82, 2.24) is 14.5 Å². The molecule has 5 rings (SSSR count). The van der Waals surface area contributed by atoms with Gasteiger partial charge in [0.2, 0.25) is 0 Å². The van der Waals surface area contributed by atoms with Crippen molar-refractivity contribution in [2.24, 2.45) is 17.9 Å². The van der Waals surface area contributed by atoms with E-state index in [2.05, 4.69) is 20.7 Å². The van der Waals surface area contributed by atoms with Crippen LogP contribution in [0.1, 0.15) is 27.3 Å². The maximum absolute atomic E-state index is 13.3. The second-order valence-electron chi connectivity index (χ2n) is 9.45. The Morgan fingerprint density at radius 3 is 2.45 bits per heavy atom. The standard InChI is InChI=1S/C29H32N6O3/c1-33-26-12-11-22(29(36)35-16-14-34(15-17-35)23-4-3-5-24(19-23)38-2)18-25(26)31-27(33)13-8-20-6-9-21(10-7-20)28(30)32-37/h3-7,9-12,18-19,37H,8,13-17H2,1-2H3,(H2,30,32). The molecule has 38 heavy (non-hydrogen) atoms. The van der Waals surface area contributed by atoms with Crippen LogP contribution < -0.4 is 15.4 Å². The van der Waals surface area contributed by atoms with Crippen molar-refractivity contribution in [3.8, 4) is 5.75 Å². The Balaban J connectivity index is 1.24. The molecule has 9 nitrogen and oxygen atoms in total. The van der Waals surface area contributed by atoms with E-state index in [-0.39, 0.29) is 11.7 Å². The molecule has 0 unspecified atom stereocenters. The fourth-order valence-corrected chi connectivity index (χ4v) is 4.92. The molecule has 9 heteroatoms. The predicted octanol–water partition coefficient (Wildman–Crippen LogP) is 3.42. The van der Waals surface area contributed by atoms with Crippen LogP contribution >= 0.6 is 0 Å². The molecule has 0 radical (unpaired) electrons. The molecule has 0 bridgehead atoms. The molecule has 0 atom stereocenters. The van der Waals surface area contributed by atoms with E-state index in [1.165, 1.54) is 0 Å². The molecular weight excluding hydrogens is 480 g/mol. The number of amidine groups is 1. The lowest BCUT2D eigenvalue weighted by atomic mass is 10.1. The minimum atomic E-state index is 0.0372. The number of ether oxygens (including phenoxy) is 1. The summed E-state index contributed by atoms with van der Waals surface area (Å²) in [6, 6.07) is 21.4. The normalized spacial score (nSPS) is 14.2. The van der Waals surface area contributed by atoms with Gasteiger partial charge in [0.25, 0.3) is 5.91 Å². The number of benzene rings is 3. The first-order valence-corrected chi connectivity index (χ1v) is 12.7. The van der Waals surface area contributed by atoms with Crippen LogP contribution in [-0.4, -0.2) is 64.7 Å². The number of imidazole rings is 1. The number of amides is 1. The molecule has 0 aliphatic carbocycles. The van der Waals surface area contributed by atoms with E-state index in [1.807, 2.05) is 72.6 Å². The number of fused-ring (bicyclic) bond motifs is 1. The molecule has 1 aliphatic rings. The topological polar surface area (TPSA) is 109 Å². The number of nitrogens with zero attached hydrogens (tertiary/aromatic N) is 5. The van der Waals surface area contributed by atoms with Gasteiger partial charge in [0.15, 0.2) is 5.84 Å². The third kappa shape index (κ3) is 5.13. The zero-order valence-corrected chi connectivity index (χ0v) is 21.7. The number of aryl methyl sites for hydroxylation is 3. The van der Waals surface area contributed by atoms with E-state index in [0.29, 0.717) is 24.2 Å². The number of oxime groups is 1. The van der Waals surface area contributed by atoms with Crippen LogP contribution in [0.2, 0.25) is 0 Å². The van der Waals surface area contributed by atoms with Gasteiger partial charge in [0.1, 0.15) is 11.6 Å². The van der Waals surface area contributed by atoms with Gasteiger partial charge in [-0.3, -0.25) is 4.79 Å². The lowest BCUT2D eigenvalue weighted by Gasteiger charge is -2.36. The molecule has 196 valence electrons. The summed E-state index contributed by atoms with van der Waals surface area (Å²) in [5.41, 5.74) is 11.1. The first kappa shape index (κ1) is 25.1. The van der Waals surface area contributed by atoms with E-state index in [0.717, 1.165) is 59.8 Å². The monoisotopic (exact) mass is 512 g/mol. The van der Waals surface area contributed by atoms with E-state index in [4.69, 9.17) is 20.7 Å². The van der Waals surface area contributed by atoms with Gasteiger partial charge in [-0.15, -0.1) is 0 Å². The van der Waals surface area contributed by atoms with Gasteiger partial charge >= 0.3 is 0 Å². The van der Waals surface area contributed by atoms with Crippen LogP contribution in [0.4, 0.5) is 5.69 Å². The Morgan fingerprint density at radius 1 is 1.00 bits per heavy atom. The maximum atomic E-state index is 13.3. The highest BCUT2D eigenvalue weighted by Crippen LogP contribution is 2.24. The van der Waals surface area contributed by atoms with Gasteiger partial charge in [-0.2, -0.15) is 0 Å². The first-order chi connectivity index (χ1) is 18.5. The Labute approximate surface area is 221 Å². The quantitative estimate of drug-likeness (QED) is 0.170. The Hall–Kier alpha value is -4.53. The van der Waals surface area contributed by atoms with Crippen molar-refractivity contribution in [3.63, 3.8) is 0 Å². The lowest BCUT2D eigenvalue weighted by Crippen LogP contribution is -2.48. The molecule has 0 saturated carbocycles. The van der Waals surface area contributed by atoms with Gasteiger partial charge in [-0.05, 0) is 42.3 Å². The average molecular weight is 513 g/mol. The van der Waals surface area contributed by atoms with Crippen LogP contribution in [-0.2, 0) is 19.9 Å². The summed E-state index contributed by atoms with van der Waals surface area (Å²) in [5.74, 6) is 1.92. The number of nitrogens with two attached hydrogens (primary N) is 1. The van der Waals surface area contributed by atoms with Gasteiger partial charge in [0.05, 0.1) is 18.1 Å². The molecular formula is C29H32N6O3. The maximum Gasteiger partial charge on any atom is 0.254 e. The van der Waals surface area contributed by atoms with E-state index < -0.39 is 0 Å². The Bertz CT molecular complexity index is 1470. The van der Waals surface area contributed by atoms with Gasteiger partial charge in [-0.25, -0.2) is 4.98 Å². The van der Waals surface area contributed by atoms with Crippen molar-refractivity contribution < 1.29 is 14.7 Å². The molecule has 3 N–H and O–H groups in total. The molecule has 1 fully saturated rings. The molecule has 1 saturated heterocycles. The fourth-order valence-electron chi connectivity index (χ4n) is 4.92. The zero-order chi connectivity index (χ0) is 26.6. The molecule has 2 heterocycles. The van der Waals surface area contributed by atoms with Gasteiger partial charge < -0.3 is 30.0 Å². The van der Waals surface area contributed by atoms with Gasteiger partial charge in [0, 0.05) is 62.5 Å². The molecule has 0 spiro atoms. The average Bonchev–Trinajstić information content (AvgIpc) is 3.30. The minimum Gasteiger partial charge on any atom is -0.497 e. The van der Waals surface area contributed by atoms with Crippen LogP contribution in [0.3, 0.4) is 0 Å².